The first-order chi connectivity index (χ1) is 19.3. The SMILES string of the molecule is CC(C)(C)C(O)(C#Cc1ccccc1C#Cc1ccccc1)c1ccc2ccc3ccc4ccccc4c3c2c1. The summed E-state index contributed by atoms with van der Waals surface area (Å²) in [6.45, 7) is 6.10. The number of benzene rings is 6. The van der Waals surface area contributed by atoms with Crippen LogP contribution in [0.2, 0.25) is 0 Å². The highest BCUT2D eigenvalue weighted by Gasteiger charge is 2.40. The smallest absolute Gasteiger partial charge is 0.156 e. The summed E-state index contributed by atoms with van der Waals surface area (Å²) in [4.78, 5) is 0. The maximum Gasteiger partial charge on any atom is 0.156 e. The highest BCUT2D eigenvalue weighted by molar-refractivity contribution is 6.20. The Labute approximate surface area is 236 Å². The van der Waals surface area contributed by atoms with Gasteiger partial charge in [-0.25, -0.2) is 0 Å². The maximum absolute atomic E-state index is 12.3. The van der Waals surface area contributed by atoms with Crippen LogP contribution in [0.3, 0.4) is 0 Å². The largest absolute Gasteiger partial charge is 0.373 e. The average molecular weight is 515 g/mol. The van der Waals surface area contributed by atoms with Crippen molar-refractivity contribution < 1.29 is 5.11 Å². The van der Waals surface area contributed by atoms with Crippen molar-refractivity contribution in [1.29, 1.82) is 0 Å². The molecule has 1 heteroatoms. The van der Waals surface area contributed by atoms with Gasteiger partial charge in [-0.2, -0.15) is 0 Å². The van der Waals surface area contributed by atoms with Crippen LogP contribution in [0.15, 0.2) is 121 Å². The van der Waals surface area contributed by atoms with E-state index in [0.29, 0.717) is 0 Å². The fraction of sp³-hybridized carbons (Fsp3) is 0.128. The molecule has 0 saturated heterocycles. The van der Waals surface area contributed by atoms with Gasteiger partial charge in [-0.1, -0.05) is 135 Å². The molecule has 6 aromatic carbocycles. The van der Waals surface area contributed by atoms with Gasteiger partial charge in [0.05, 0.1) is 0 Å². The molecule has 192 valence electrons. The highest BCUT2D eigenvalue weighted by atomic mass is 16.3. The van der Waals surface area contributed by atoms with E-state index in [2.05, 4.69) is 84.3 Å². The normalized spacial score (nSPS) is 12.8. The Bertz CT molecular complexity index is 2000. The molecule has 40 heavy (non-hydrogen) atoms. The van der Waals surface area contributed by atoms with Crippen molar-refractivity contribution in [2.75, 3.05) is 0 Å². The van der Waals surface area contributed by atoms with Crippen LogP contribution in [0.5, 0.6) is 0 Å². The van der Waals surface area contributed by atoms with E-state index in [9.17, 15) is 5.11 Å². The van der Waals surface area contributed by atoms with E-state index in [1.807, 2.05) is 81.4 Å². The minimum atomic E-state index is -1.39. The monoisotopic (exact) mass is 514 g/mol. The van der Waals surface area contributed by atoms with Crippen LogP contribution < -0.4 is 0 Å². The van der Waals surface area contributed by atoms with Crippen LogP contribution in [0, 0.1) is 29.1 Å². The molecule has 0 heterocycles. The van der Waals surface area contributed by atoms with Crippen molar-refractivity contribution in [2.24, 2.45) is 5.41 Å². The summed E-state index contributed by atoms with van der Waals surface area (Å²) in [5, 5.41) is 19.4. The molecule has 0 amide bonds. The predicted octanol–water partition coefficient (Wildman–Crippen LogP) is 8.83. The highest BCUT2D eigenvalue weighted by Crippen LogP contribution is 2.41. The van der Waals surface area contributed by atoms with Gasteiger partial charge in [0.25, 0.3) is 0 Å². The average Bonchev–Trinajstić information content (AvgIpc) is 2.98. The number of hydrogen-bond donors (Lipinski definition) is 1. The van der Waals surface area contributed by atoms with Gasteiger partial charge in [0.1, 0.15) is 0 Å². The zero-order valence-electron chi connectivity index (χ0n) is 23.0. The fourth-order valence-electron chi connectivity index (χ4n) is 5.26. The molecule has 6 rings (SSSR count). The molecule has 1 unspecified atom stereocenters. The van der Waals surface area contributed by atoms with E-state index >= 15 is 0 Å². The van der Waals surface area contributed by atoms with Crippen LogP contribution in [0.4, 0.5) is 0 Å². The van der Waals surface area contributed by atoms with Gasteiger partial charge in [0.15, 0.2) is 5.60 Å². The second kappa shape index (κ2) is 10.1. The molecule has 1 nitrogen and oxygen atoms in total. The van der Waals surface area contributed by atoms with Crippen LogP contribution in [-0.2, 0) is 5.60 Å². The standard InChI is InChI=1S/C39H30O/c1-38(2,3)39(40,26-25-30-14-8-7-13-29(30)18-17-28-11-5-4-6-12-28)34-24-23-32-20-22-33-21-19-31-15-9-10-16-35(31)37(33)36(32)27-34/h4-16,19-24,27,40H,1-3H3. The van der Waals surface area contributed by atoms with Crippen molar-refractivity contribution in [1.82, 2.24) is 0 Å². The van der Waals surface area contributed by atoms with E-state index in [1.165, 1.54) is 21.5 Å². The van der Waals surface area contributed by atoms with E-state index in [-0.39, 0.29) is 0 Å². The molecule has 1 atom stereocenters. The summed E-state index contributed by atoms with van der Waals surface area (Å²) in [6, 6.07) is 41.2. The minimum absolute atomic E-state index is 0.551. The van der Waals surface area contributed by atoms with Crippen molar-refractivity contribution in [3.8, 4) is 23.7 Å². The molecule has 0 saturated carbocycles. The predicted molar refractivity (Wildman–Crippen MR) is 168 cm³/mol. The lowest BCUT2D eigenvalue weighted by Crippen LogP contribution is -2.38. The number of aliphatic hydroxyl groups is 1. The summed E-state index contributed by atoms with van der Waals surface area (Å²) >= 11 is 0. The maximum atomic E-state index is 12.3. The first-order valence-corrected chi connectivity index (χ1v) is 13.6. The van der Waals surface area contributed by atoms with Crippen molar-refractivity contribution in [3.63, 3.8) is 0 Å². The van der Waals surface area contributed by atoms with Gasteiger partial charge < -0.3 is 5.11 Å². The topological polar surface area (TPSA) is 20.2 Å². The Balaban J connectivity index is 1.51. The second-order valence-electron chi connectivity index (χ2n) is 11.3. The third-order valence-corrected chi connectivity index (χ3v) is 7.65. The van der Waals surface area contributed by atoms with E-state index in [0.717, 1.165) is 33.0 Å². The summed E-state index contributed by atoms with van der Waals surface area (Å²) in [6.07, 6.45) is 0. The first kappa shape index (κ1) is 25.5. The Morgan fingerprint density at radius 3 is 1.82 bits per heavy atom. The molecule has 0 spiro atoms. The zero-order chi connectivity index (χ0) is 27.7. The van der Waals surface area contributed by atoms with Gasteiger partial charge in [0.2, 0.25) is 0 Å². The molecule has 0 fully saturated rings. The molecular weight excluding hydrogens is 484 g/mol. The van der Waals surface area contributed by atoms with E-state index < -0.39 is 11.0 Å². The van der Waals surface area contributed by atoms with E-state index in [4.69, 9.17) is 0 Å². The Kier molecular flexibility index (Phi) is 6.40. The molecule has 0 aliphatic rings. The second-order valence-corrected chi connectivity index (χ2v) is 11.3. The van der Waals surface area contributed by atoms with Crippen molar-refractivity contribution >= 4 is 32.3 Å². The summed E-state index contributed by atoms with van der Waals surface area (Å²) in [7, 11) is 0. The lowest BCUT2D eigenvalue weighted by atomic mass is 9.72. The Hall–Kier alpha value is -4.82. The van der Waals surface area contributed by atoms with Crippen molar-refractivity contribution in [3.05, 3.63) is 144 Å². The summed E-state index contributed by atoms with van der Waals surface area (Å²) in [5.74, 6) is 13.1. The molecule has 0 aliphatic carbocycles. The molecule has 6 aromatic rings. The quantitative estimate of drug-likeness (QED) is 0.172. The molecule has 0 aromatic heterocycles. The Morgan fingerprint density at radius 2 is 1.10 bits per heavy atom. The Morgan fingerprint density at radius 1 is 0.525 bits per heavy atom. The molecule has 0 bridgehead atoms. The third kappa shape index (κ3) is 4.63. The van der Waals surface area contributed by atoms with Gasteiger partial charge in [-0.05, 0) is 68.2 Å². The van der Waals surface area contributed by atoms with Gasteiger partial charge in [-0.15, -0.1) is 0 Å². The molecule has 0 radical (unpaired) electrons. The molecule has 0 aliphatic heterocycles. The lowest BCUT2D eigenvalue weighted by molar-refractivity contribution is -0.00889. The summed E-state index contributed by atoms with van der Waals surface area (Å²) < 4.78 is 0. The van der Waals surface area contributed by atoms with Crippen LogP contribution >= 0.6 is 0 Å². The van der Waals surface area contributed by atoms with E-state index in [1.54, 1.807) is 0 Å². The minimum Gasteiger partial charge on any atom is -0.373 e. The first-order valence-electron chi connectivity index (χ1n) is 13.6. The number of fused-ring (bicyclic) bond motifs is 5. The molecular formula is C39H30O. The number of hydrogen-bond acceptors (Lipinski definition) is 1. The van der Waals surface area contributed by atoms with Gasteiger partial charge >= 0.3 is 0 Å². The van der Waals surface area contributed by atoms with Crippen LogP contribution in [0.25, 0.3) is 32.3 Å². The fourth-order valence-corrected chi connectivity index (χ4v) is 5.26. The van der Waals surface area contributed by atoms with Crippen LogP contribution in [0.1, 0.15) is 43.0 Å². The third-order valence-electron chi connectivity index (χ3n) is 7.65. The van der Waals surface area contributed by atoms with Crippen LogP contribution in [-0.4, -0.2) is 5.11 Å². The van der Waals surface area contributed by atoms with Gasteiger partial charge in [-0.3, -0.25) is 0 Å². The lowest BCUT2D eigenvalue weighted by Gasteiger charge is -2.36. The van der Waals surface area contributed by atoms with Gasteiger partial charge in [0, 0.05) is 22.1 Å². The zero-order valence-corrected chi connectivity index (χ0v) is 23.0. The molecule has 1 N–H and O–H groups in total. The number of rotatable bonds is 1. The summed E-state index contributed by atoms with van der Waals surface area (Å²) in [5.41, 5.74) is 1.43. The van der Waals surface area contributed by atoms with Crippen molar-refractivity contribution in [2.45, 2.75) is 26.4 Å².